The third kappa shape index (κ3) is 3.06. The molecule has 2 aliphatic carbocycles. The minimum atomic E-state index is -0.457. The van der Waals surface area contributed by atoms with Crippen LogP contribution in [-0.2, 0) is 12.8 Å². The number of aliphatic hydroxyl groups is 1. The molecular formula is C19H22FN3O2. The van der Waals surface area contributed by atoms with Gasteiger partial charge in [-0.25, -0.2) is 9.07 Å². The van der Waals surface area contributed by atoms with Crippen LogP contribution in [0.15, 0.2) is 24.3 Å². The quantitative estimate of drug-likeness (QED) is 0.907. The van der Waals surface area contributed by atoms with Crippen molar-refractivity contribution >= 4 is 5.91 Å². The summed E-state index contributed by atoms with van der Waals surface area (Å²) in [5, 5.41) is 14.6. The van der Waals surface area contributed by atoms with Gasteiger partial charge >= 0.3 is 0 Å². The Labute approximate surface area is 146 Å². The fourth-order valence-corrected chi connectivity index (χ4v) is 3.58. The first-order chi connectivity index (χ1) is 12.0. The zero-order valence-electron chi connectivity index (χ0n) is 14.3. The molecule has 132 valence electrons. The minimum Gasteiger partial charge on any atom is -0.391 e. The van der Waals surface area contributed by atoms with E-state index in [1.807, 2.05) is 0 Å². The third-order valence-corrected chi connectivity index (χ3v) is 5.18. The Morgan fingerprint density at radius 2 is 2.08 bits per heavy atom. The number of fused-ring (bicyclic) bond motifs is 1. The van der Waals surface area contributed by atoms with Crippen molar-refractivity contribution in [2.45, 2.75) is 38.2 Å². The topological polar surface area (TPSA) is 58.4 Å². The van der Waals surface area contributed by atoms with E-state index in [9.17, 15) is 14.3 Å². The number of amides is 1. The molecule has 2 aromatic rings. The lowest BCUT2D eigenvalue weighted by Gasteiger charge is -2.20. The van der Waals surface area contributed by atoms with Crippen molar-refractivity contribution in [3.8, 4) is 5.69 Å². The van der Waals surface area contributed by atoms with E-state index in [0.717, 1.165) is 49.0 Å². The standard InChI is InChI=1S/C19H22FN3O2/c1-22(11-17(24)12-5-6-12)19(25)18-15-3-2-4-16(15)23(21-18)14-9-7-13(20)8-10-14/h7-10,12,17,24H,2-6,11H2,1H3/t17-/m0/s1. The van der Waals surface area contributed by atoms with Crippen molar-refractivity contribution in [3.05, 3.63) is 47.0 Å². The molecule has 1 saturated carbocycles. The molecule has 1 N–H and O–H groups in total. The molecule has 5 nitrogen and oxygen atoms in total. The fourth-order valence-electron chi connectivity index (χ4n) is 3.58. The van der Waals surface area contributed by atoms with E-state index >= 15 is 0 Å². The molecule has 0 aliphatic heterocycles. The van der Waals surface area contributed by atoms with Gasteiger partial charge in [-0.2, -0.15) is 5.10 Å². The van der Waals surface area contributed by atoms with Crippen molar-refractivity contribution in [1.82, 2.24) is 14.7 Å². The molecule has 0 unspecified atom stereocenters. The molecule has 1 aromatic carbocycles. The van der Waals surface area contributed by atoms with Crippen LogP contribution in [0.25, 0.3) is 5.69 Å². The largest absolute Gasteiger partial charge is 0.391 e. The summed E-state index contributed by atoms with van der Waals surface area (Å²) in [6.45, 7) is 0.335. The van der Waals surface area contributed by atoms with E-state index in [2.05, 4.69) is 5.10 Å². The number of carbonyl (C=O) groups is 1. The summed E-state index contributed by atoms with van der Waals surface area (Å²) in [6, 6.07) is 6.15. The predicted molar refractivity (Wildman–Crippen MR) is 91.2 cm³/mol. The number of aliphatic hydroxyl groups excluding tert-OH is 1. The van der Waals surface area contributed by atoms with Crippen LogP contribution in [0.1, 0.15) is 41.0 Å². The highest BCUT2D eigenvalue weighted by atomic mass is 19.1. The van der Waals surface area contributed by atoms with Crippen molar-refractivity contribution in [1.29, 1.82) is 0 Å². The Bertz CT molecular complexity index is 796. The number of halogens is 1. The van der Waals surface area contributed by atoms with Gasteiger partial charge in [0.25, 0.3) is 5.91 Å². The molecule has 0 saturated heterocycles. The highest BCUT2D eigenvalue weighted by Crippen LogP contribution is 2.33. The van der Waals surface area contributed by atoms with Gasteiger partial charge in [-0.1, -0.05) is 0 Å². The van der Waals surface area contributed by atoms with E-state index in [1.54, 1.807) is 28.8 Å². The van der Waals surface area contributed by atoms with Gasteiger partial charge in [-0.15, -0.1) is 0 Å². The van der Waals surface area contributed by atoms with Gasteiger partial charge in [-0.05, 0) is 62.3 Å². The Balaban J connectivity index is 1.62. The van der Waals surface area contributed by atoms with Crippen LogP contribution in [0.5, 0.6) is 0 Å². The van der Waals surface area contributed by atoms with E-state index < -0.39 is 6.10 Å². The summed E-state index contributed by atoms with van der Waals surface area (Å²) in [4.78, 5) is 14.4. The number of rotatable bonds is 5. The zero-order valence-corrected chi connectivity index (χ0v) is 14.3. The maximum Gasteiger partial charge on any atom is 0.274 e. The van der Waals surface area contributed by atoms with Gasteiger partial charge in [-0.3, -0.25) is 4.79 Å². The molecule has 1 aromatic heterocycles. The lowest BCUT2D eigenvalue weighted by molar-refractivity contribution is 0.0639. The van der Waals surface area contributed by atoms with Crippen LogP contribution in [-0.4, -0.2) is 45.4 Å². The van der Waals surface area contributed by atoms with Gasteiger partial charge in [0.2, 0.25) is 0 Å². The van der Waals surface area contributed by atoms with E-state index in [-0.39, 0.29) is 11.7 Å². The zero-order chi connectivity index (χ0) is 17.6. The number of benzene rings is 1. The normalized spacial score (nSPS) is 17.4. The average molecular weight is 343 g/mol. The second-order valence-electron chi connectivity index (χ2n) is 7.11. The Hall–Kier alpha value is -2.21. The highest BCUT2D eigenvalue weighted by molar-refractivity contribution is 5.94. The maximum atomic E-state index is 13.2. The summed E-state index contributed by atoms with van der Waals surface area (Å²) < 4.78 is 15.0. The van der Waals surface area contributed by atoms with E-state index in [0.29, 0.717) is 18.2 Å². The number of hydrogen-bond acceptors (Lipinski definition) is 3. The molecule has 0 bridgehead atoms. The second-order valence-corrected chi connectivity index (χ2v) is 7.11. The van der Waals surface area contributed by atoms with Crippen LogP contribution < -0.4 is 0 Å². The molecule has 2 aliphatic rings. The predicted octanol–water partition coefficient (Wildman–Crippen LogP) is 2.34. The number of nitrogens with zero attached hydrogens (tertiary/aromatic N) is 3. The van der Waals surface area contributed by atoms with E-state index in [1.165, 1.54) is 12.1 Å². The number of aromatic nitrogens is 2. The van der Waals surface area contributed by atoms with Crippen molar-refractivity contribution in [3.63, 3.8) is 0 Å². The monoisotopic (exact) mass is 343 g/mol. The summed E-state index contributed by atoms with van der Waals surface area (Å²) in [7, 11) is 1.71. The van der Waals surface area contributed by atoms with Crippen LogP contribution in [0.2, 0.25) is 0 Å². The van der Waals surface area contributed by atoms with Crippen molar-refractivity contribution in [2.24, 2.45) is 5.92 Å². The van der Waals surface area contributed by atoms with Gasteiger partial charge in [0.05, 0.1) is 11.8 Å². The molecule has 1 atom stereocenters. The van der Waals surface area contributed by atoms with Gasteiger partial charge < -0.3 is 10.0 Å². The molecule has 1 heterocycles. The summed E-state index contributed by atoms with van der Waals surface area (Å²) in [6.07, 6.45) is 4.30. The Kier molecular flexibility index (Phi) is 4.07. The minimum absolute atomic E-state index is 0.154. The molecular weight excluding hydrogens is 321 g/mol. The fraction of sp³-hybridized carbons (Fsp3) is 0.474. The number of carbonyl (C=O) groups excluding carboxylic acids is 1. The van der Waals surface area contributed by atoms with Crippen molar-refractivity contribution in [2.75, 3.05) is 13.6 Å². The van der Waals surface area contributed by atoms with Crippen LogP contribution in [0.3, 0.4) is 0 Å². The van der Waals surface area contributed by atoms with Crippen LogP contribution >= 0.6 is 0 Å². The lowest BCUT2D eigenvalue weighted by Crippen LogP contribution is -2.35. The Morgan fingerprint density at radius 3 is 2.76 bits per heavy atom. The molecule has 0 radical (unpaired) electrons. The maximum absolute atomic E-state index is 13.2. The van der Waals surface area contributed by atoms with Crippen LogP contribution in [0.4, 0.5) is 4.39 Å². The summed E-state index contributed by atoms with van der Waals surface area (Å²) in [5.74, 6) is -0.117. The second kappa shape index (κ2) is 6.26. The van der Waals surface area contributed by atoms with Gasteiger partial charge in [0.1, 0.15) is 5.82 Å². The highest BCUT2D eigenvalue weighted by Gasteiger charge is 2.33. The molecule has 1 fully saturated rings. The molecule has 25 heavy (non-hydrogen) atoms. The number of hydrogen-bond donors (Lipinski definition) is 1. The lowest BCUT2D eigenvalue weighted by atomic mass is 10.1. The Morgan fingerprint density at radius 1 is 1.36 bits per heavy atom. The first-order valence-electron chi connectivity index (χ1n) is 8.85. The first kappa shape index (κ1) is 16.3. The molecule has 1 amide bonds. The summed E-state index contributed by atoms with van der Waals surface area (Å²) in [5.41, 5.74) is 3.25. The average Bonchev–Trinajstić information content (AvgIpc) is 3.24. The molecule has 4 rings (SSSR count). The SMILES string of the molecule is CN(C[C@H](O)C1CC1)C(=O)c1nn(-c2ccc(F)cc2)c2c1CCC2. The molecule has 6 heteroatoms. The van der Waals surface area contributed by atoms with Crippen LogP contribution in [0, 0.1) is 11.7 Å². The first-order valence-corrected chi connectivity index (χ1v) is 8.85. The number of likely N-dealkylation sites (N-methyl/N-ethyl adjacent to an activating group) is 1. The van der Waals surface area contributed by atoms with Gasteiger partial charge in [0.15, 0.2) is 5.69 Å². The van der Waals surface area contributed by atoms with Gasteiger partial charge in [0, 0.05) is 24.8 Å². The molecule has 0 spiro atoms. The summed E-state index contributed by atoms with van der Waals surface area (Å²) >= 11 is 0. The van der Waals surface area contributed by atoms with Crippen molar-refractivity contribution < 1.29 is 14.3 Å². The smallest absolute Gasteiger partial charge is 0.274 e. The third-order valence-electron chi connectivity index (χ3n) is 5.18. The van der Waals surface area contributed by atoms with E-state index in [4.69, 9.17) is 0 Å².